The van der Waals surface area contributed by atoms with Crippen molar-refractivity contribution in [2.75, 3.05) is 24.1 Å². The van der Waals surface area contributed by atoms with Gasteiger partial charge in [0, 0.05) is 0 Å². The molecule has 0 aliphatic carbocycles. The van der Waals surface area contributed by atoms with Crippen LogP contribution in [0.3, 0.4) is 0 Å². The second-order valence-electron chi connectivity index (χ2n) is 6.60. The highest BCUT2D eigenvalue weighted by atomic mass is 19.1. The minimum absolute atomic E-state index is 0.104. The van der Waals surface area contributed by atoms with Gasteiger partial charge in [0.15, 0.2) is 0 Å². The number of anilines is 2. The van der Waals surface area contributed by atoms with Gasteiger partial charge in [-0.2, -0.15) is 0 Å². The number of nitrogens with zero attached hydrogens (tertiary/aromatic N) is 1. The monoisotopic (exact) mass is 293 g/mol. The largest absolute Gasteiger partial charge is 0.397 e. The van der Waals surface area contributed by atoms with Gasteiger partial charge in [-0.05, 0) is 56.5 Å². The Labute approximate surface area is 125 Å². The van der Waals surface area contributed by atoms with Crippen molar-refractivity contribution in [1.29, 1.82) is 0 Å². The van der Waals surface area contributed by atoms with E-state index in [0.717, 1.165) is 25.9 Å². The number of nitrogen functional groups attached to an aromatic ring is 1. The Morgan fingerprint density at radius 2 is 2.00 bits per heavy atom. The number of halogens is 1. The van der Waals surface area contributed by atoms with Gasteiger partial charge in [0.05, 0.1) is 17.4 Å². The lowest BCUT2D eigenvalue weighted by molar-refractivity contribution is -0.121. The number of rotatable bonds is 3. The Morgan fingerprint density at radius 1 is 1.38 bits per heavy atom. The summed E-state index contributed by atoms with van der Waals surface area (Å²) in [6, 6.07) is 3.78. The zero-order chi connectivity index (χ0) is 15.6. The van der Waals surface area contributed by atoms with Crippen LogP contribution in [0.4, 0.5) is 15.8 Å². The molecule has 1 aliphatic heterocycles. The second kappa shape index (κ2) is 6.02. The number of hydrogen-bond donors (Lipinski definition) is 2. The maximum Gasteiger partial charge on any atom is 0.241 e. The number of benzene rings is 1. The first-order valence-electron chi connectivity index (χ1n) is 7.38. The molecule has 0 radical (unpaired) electrons. The fourth-order valence-electron chi connectivity index (χ4n) is 2.57. The number of carbonyl (C=O) groups is 1. The van der Waals surface area contributed by atoms with Crippen LogP contribution in [0.2, 0.25) is 0 Å². The molecular weight excluding hydrogens is 269 g/mol. The van der Waals surface area contributed by atoms with Gasteiger partial charge in [-0.1, -0.05) is 13.8 Å². The predicted octanol–water partition coefficient (Wildman–Crippen LogP) is 2.86. The molecule has 2 rings (SSSR count). The summed E-state index contributed by atoms with van der Waals surface area (Å²) in [6.07, 6.45) is 2.17. The van der Waals surface area contributed by atoms with E-state index in [2.05, 4.69) is 24.1 Å². The van der Waals surface area contributed by atoms with E-state index in [1.54, 1.807) is 0 Å². The summed E-state index contributed by atoms with van der Waals surface area (Å²) in [5.74, 6) is -0.509. The van der Waals surface area contributed by atoms with Gasteiger partial charge in [-0.3, -0.25) is 9.69 Å². The van der Waals surface area contributed by atoms with E-state index in [0.29, 0.717) is 11.1 Å². The van der Waals surface area contributed by atoms with Gasteiger partial charge in [0.2, 0.25) is 5.91 Å². The van der Waals surface area contributed by atoms with Gasteiger partial charge < -0.3 is 11.1 Å². The van der Waals surface area contributed by atoms with E-state index in [4.69, 9.17) is 5.73 Å². The molecule has 0 saturated carbocycles. The molecule has 3 N–H and O–H groups in total. The van der Waals surface area contributed by atoms with Crippen LogP contribution in [0.15, 0.2) is 18.2 Å². The average molecular weight is 293 g/mol. The van der Waals surface area contributed by atoms with E-state index < -0.39 is 5.82 Å². The average Bonchev–Trinajstić information content (AvgIpc) is 2.41. The van der Waals surface area contributed by atoms with Crippen molar-refractivity contribution in [2.45, 2.75) is 39.7 Å². The first-order chi connectivity index (χ1) is 9.78. The molecule has 1 atom stereocenters. The number of amides is 1. The summed E-state index contributed by atoms with van der Waals surface area (Å²) in [6.45, 7) is 8.25. The zero-order valence-electron chi connectivity index (χ0n) is 12.9. The van der Waals surface area contributed by atoms with Crippen LogP contribution in [0.25, 0.3) is 0 Å². The molecule has 116 valence electrons. The third kappa shape index (κ3) is 3.94. The Bertz CT molecular complexity index is 520. The van der Waals surface area contributed by atoms with Crippen LogP contribution < -0.4 is 11.1 Å². The summed E-state index contributed by atoms with van der Waals surface area (Å²) >= 11 is 0. The molecule has 5 heteroatoms. The molecule has 21 heavy (non-hydrogen) atoms. The van der Waals surface area contributed by atoms with E-state index in [-0.39, 0.29) is 17.6 Å². The summed E-state index contributed by atoms with van der Waals surface area (Å²) in [7, 11) is 0. The van der Waals surface area contributed by atoms with E-state index in [1.165, 1.54) is 18.2 Å². The summed E-state index contributed by atoms with van der Waals surface area (Å²) < 4.78 is 13.0. The number of nitrogens with two attached hydrogens (primary N) is 1. The normalized spacial score (nSPS) is 20.0. The van der Waals surface area contributed by atoms with Gasteiger partial charge in [-0.25, -0.2) is 4.39 Å². The molecule has 1 saturated heterocycles. The lowest BCUT2D eigenvalue weighted by Gasteiger charge is -2.39. The molecule has 1 fully saturated rings. The molecule has 0 spiro atoms. The number of hydrogen-bond acceptors (Lipinski definition) is 3. The highest BCUT2D eigenvalue weighted by molar-refractivity contribution is 5.97. The van der Waals surface area contributed by atoms with Crippen LogP contribution >= 0.6 is 0 Å². The van der Waals surface area contributed by atoms with Gasteiger partial charge in [-0.15, -0.1) is 0 Å². The number of carbonyl (C=O) groups excluding carboxylic acids is 1. The van der Waals surface area contributed by atoms with Gasteiger partial charge in [0.1, 0.15) is 5.82 Å². The van der Waals surface area contributed by atoms with E-state index in [9.17, 15) is 9.18 Å². The number of likely N-dealkylation sites (tertiary alicyclic amines) is 1. The van der Waals surface area contributed by atoms with Crippen LogP contribution in [-0.4, -0.2) is 29.9 Å². The molecular formula is C16H24FN3O. The lowest BCUT2D eigenvalue weighted by atomic mass is 9.82. The molecule has 1 aromatic rings. The Morgan fingerprint density at radius 3 is 2.57 bits per heavy atom. The lowest BCUT2D eigenvalue weighted by Crippen LogP contribution is -2.47. The Hall–Kier alpha value is -1.62. The van der Waals surface area contributed by atoms with Crippen LogP contribution in [0, 0.1) is 11.2 Å². The van der Waals surface area contributed by atoms with Crippen LogP contribution in [-0.2, 0) is 4.79 Å². The summed E-state index contributed by atoms with van der Waals surface area (Å²) in [5, 5.41) is 2.78. The van der Waals surface area contributed by atoms with Crippen molar-refractivity contribution >= 4 is 17.3 Å². The molecule has 1 amide bonds. The maximum atomic E-state index is 13.0. The highest BCUT2D eigenvalue weighted by Crippen LogP contribution is 2.30. The van der Waals surface area contributed by atoms with Crippen LogP contribution in [0.5, 0.6) is 0 Å². The van der Waals surface area contributed by atoms with Crippen molar-refractivity contribution < 1.29 is 9.18 Å². The van der Waals surface area contributed by atoms with E-state index in [1.807, 2.05) is 6.92 Å². The van der Waals surface area contributed by atoms with Crippen molar-refractivity contribution in [3.8, 4) is 0 Å². The minimum Gasteiger partial charge on any atom is -0.397 e. The fourth-order valence-corrected chi connectivity index (χ4v) is 2.57. The Balaban J connectivity index is 1.97. The Kier molecular flexibility index (Phi) is 4.52. The number of piperidine rings is 1. The number of nitrogens with one attached hydrogen (secondary N) is 1. The molecule has 1 heterocycles. The topological polar surface area (TPSA) is 58.4 Å². The van der Waals surface area contributed by atoms with Gasteiger partial charge >= 0.3 is 0 Å². The predicted molar refractivity (Wildman–Crippen MR) is 83.5 cm³/mol. The fraction of sp³-hybridized carbons (Fsp3) is 0.562. The van der Waals surface area contributed by atoms with E-state index >= 15 is 0 Å². The van der Waals surface area contributed by atoms with Crippen molar-refractivity contribution in [3.05, 3.63) is 24.0 Å². The molecule has 4 nitrogen and oxygen atoms in total. The first-order valence-corrected chi connectivity index (χ1v) is 7.38. The quantitative estimate of drug-likeness (QED) is 0.843. The SMILES string of the molecule is CC(C(=O)Nc1ccc(F)cc1N)N1CCC(C)(C)CC1. The molecule has 1 unspecified atom stereocenters. The summed E-state index contributed by atoms with van der Waals surface area (Å²) in [4.78, 5) is 14.5. The third-order valence-corrected chi connectivity index (χ3v) is 4.35. The summed E-state index contributed by atoms with van der Waals surface area (Å²) in [5.41, 5.74) is 6.78. The molecule has 0 aromatic heterocycles. The van der Waals surface area contributed by atoms with Gasteiger partial charge in [0.25, 0.3) is 0 Å². The van der Waals surface area contributed by atoms with Crippen LogP contribution in [0.1, 0.15) is 33.6 Å². The standard InChI is InChI=1S/C16H24FN3O/c1-11(20-8-6-16(2,3)7-9-20)15(21)19-14-5-4-12(17)10-13(14)18/h4-5,10-11H,6-9,18H2,1-3H3,(H,19,21). The smallest absolute Gasteiger partial charge is 0.241 e. The first kappa shape index (κ1) is 15.8. The molecule has 1 aliphatic rings. The van der Waals surface area contributed by atoms with Crippen molar-refractivity contribution in [3.63, 3.8) is 0 Å². The minimum atomic E-state index is -0.406. The zero-order valence-corrected chi connectivity index (χ0v) is 12.9. The second-order valence-corrected chi connectivity index (χ2v) is 6.60. The highest BCUT2D eigenvalue weighted by Gasteiger charge is 2.30. The molecule has 0 bridgehead atoms. The maximum absolute atomic E-state index is 13.0. The van der Waals surface area contributed by atoms with Crippen molar-refractivity contribution in [2.24, 2.45) is 5.41 Å². The molecule has 1 aromatic carbocycles. The third-order valence-electron chi connectivity index (χ3n) is 4.35. The van der Waals surface area contributed by atoms with Crippen molar-refractivity contribution in [1.82, 2.24) is 4.90 Å².